The molecule has 1 aromatic carbocycles. The molecule has 2 atom stereocenters. The van der Waals surface area contributed by atoms with Crippen molar-refractivity contribution in [2.24, 2.45) is 0 Å². The number of halogens is 1. The van der Waals surface area contributed by atoms with Gasteiger partial charge in [-0.05, 0) is 36.6 Å². The van der Waals surface area contributed by atoms with Gasteiger partial charge in [-0.2, -0.15) is 0 Å². The fourth-order valence-corrected chi connectivity index (χ4v) is 3.69. The highest BCUT2D eigenvalue weighted by Crippen LogP contribution is 2.16. The van der Waals surface area contributed by atoms with Crippen LogP contribution < -0.4 is 5.32 Å². The van der Waals surface area contributed by atoms with Gasteiger partial charge in [-0.15, -0.1) is 11.3 Å². The summed E-state index contributed by atoms with van der Waals surface area (Å²) in [5.41, 5.74) is 4.37. The number of amides is 1. The van der Waals surface area contributed by atoms with Crippen LogP contribution in [-0.2, 0) is 17.8 Å². The third-order valence-corrected chi connectivity index (χ3v) is 5.17. The zero-order valence-electron chi connectivity index (χ0n) is 14.1. The molecule has 2 heterocycles. The number of nitrogens with zero attached hydrogens (tertiary/aromatic N) is 2. The zero-order chi connectivity index (χ0) is 17.8. The number of carbonyl (C=O) groups excluding carboxylic acids is 1. The monoisotopic (exact) mass is 363 g/mol. The van der Waals surface area contributed by atoms with E-state index in [2.05, 4.69) is 15.2 Å². The Balaban J connectivity index is 1.50. The van der Waals surface area contributed by atoms with Crippen molar-refractivity contribution >= 4 is 17.2 Å². The smallest absolute Gasteiger partial charge is 0.224 e. The largest absolute Gasteiger partial charge is 0.390 e. The van der Waals surface area contributed by atoms with Gasteiger partial charge in [-0.3, -0.25) is 9.69 Å². The van der Waals surface area contributed by atoms with Crippen LogP contribution >= 0.6 is 11.3 Å². The Hall–Kier alpha value is -1.83. The molecule has 0 radical (unpaired) electrons. The number of likely N-dealkylation sites (tertiary alicyclic amines) is 1. The first-order valence-electron chi connectivity index (χ1n) is 8.33. The van der Waals surface area contributed by atoms with E-state index in [0.717, 1.165) is 29.9 Å². The van der Waals surface area contributed by atoms with Crippen molar-refractivity contribution in [3.05, 3.63) is 51.7 Å². The van der Waals surface area contributed by atoms with E-state index in [0.29, 0.717) is 13.0 Å². The maximum Gasteiger partial charge on any atom is 0.224 e. The number of aromatic nitrogens is 1. The summed E-state index contributed by atoms with van der Waals surface area (Å²) in [6, 6.07) is 4.17. The van der Waals surface area contributed by atoms with Crippen molar-refractivity contribution in [1.82, 2.24) is 15.2 Å². The van der Waals surface area contributed by atoms with Crippen LogP contribution in [0.3, 0.4) is 0 Å². The molecule has 5 nitrogen and oxygen atoms in total. The number of rotatable bonds is 5. The van der Waals surface area contributed by atoms with Gasteiger partial charge in [0.2, 0.25) is 5.91 Å². The Labute approximate surface area is 150 Å². The van der Waals surface area contributed by atoms with Gasteiger partial charge in [0.15, 0.2) is 0 Å². The minimum absolute atomic E-state index is 0.147. The van der Waals surface area contributed by atoms with Crippen LogP contribution in [0.15, 0.2) is 29.1 Å². The third-order valence-electron chi connectivity index (χ3n) is 4.54. The first-order chi connectivity index (χ1) is 12.0. The van der Waals surface area contributed by atoms with E-state index < -0.39 is 6.10 Å². The maximum atomic E-state index is 13.1. The second-order valence-corrected chi connectivity index (χ2v) is 7.21. The first kappa shape index (κ1) is 18.0. The summed E-state index contributed by atoms with van der Waals surface area (Å²) >= 11 is 1.56. The average Bonchev–Trinajstić information content (AvgIpc) is 3.06. The van der Waals surface area contributed by atoms with Gasteiger partial charge in [0.05, 0.1) is 29.8 Å². The minimum Gasteiger partial charge on any atom is -0.390 e. The second kappa shape index (κ2) is 8.03. The van der Waals surface area contributed by atoms with E-state index in [9.17, 15) is 14.3 Å². The molecular formula is C18H22FN3O2S. The fraction of sp³-hybridized carbons (Fsp3) is 0.444. The molecule has 0 bridgehead atoms. The molecule has 134 valence electrons. The van der Waals surface area contributed by atoms with E-state index in [-0.39, 0.29) is 24.2 Å². The van der Waals surface area contributed by atoms with Crippen molar-refractivity contribution in [1.29, 1.82) is 0 Å². The molecule has 0 saturated carbocycles. The van der Waals surface area contributed by atoms with Gasteiger partial charge < -0.3 is 10.4 Å². The summed E-state index contributed by atoms with van der Waals surface area (Å²) < 4.78 is 13.1. The number of nitrogens with one attached hydrogen (secondary N) is 1. The molecule has 7 heteroatoms. The number of piperidine rings is 1. The number of aliphatic hydroxyl groups excluding tert-OH is 1. The Morgan fingerprint density at radius 3 is 3.04 bits per heavy atom. The van der Waals surface area contributed by atoms with Crippen molar-refractivity contribution in [3.63, 3.8) is 0 Å². The van der Waals surface area contributed by atoms with Gasteiger partial charge >= 0.3 is 0 Å². The Morgan fingerprint density at radius 1 is 1.52 bits per heavy atom. The average molecular weight is 363 g/mol. The number of aryl methyl sites for hydroxylation is 1. The molecule has 2 aromatic rings. The molecule has 1 aliphatic rings. The molecular weight excluding hydrogens is 341 g/mol. The third kappa shape index (κ3) is 4.84. The van der Waals surface area contributed by atoms with Crippen LogP contribution in [0.25, 0.3) is 0 Å². The van der Waals surface area contributed by atoms with Crippen LogP contribution in [0.5, 0.6) is 0 Å². The number of thiazole rings is 1. The molecule has 0 unspecified atom stereocenters. The molecule has 25 heavy (non-hydrogen) atoms. The van der Waals surface area contributed by atoms with Crippen LogP contribution in [0, 0.1) is 12.7 Å². The Morgan fingerprint density at radius 2 is 2.36 bits per heavy atom. The predicted molar refractivity (Wildman–Crippen MR) is 94.8 cm³/mol. The molecule has 0 spiro atoms. The van der Waals surface area contributed by atoms with Crippen LogP contribution in [0.2, 0.25) is 0 Å². The Kier molecular flexibility index (Phi) is 5.78. The van der Waals surface area contributed by atoms with Gasteiger partial charge in [0, 0.05) is 25.0 Å². The summed E-state index contributed by atoms with van der Waals surface area (Å²) in [4.78, 5) is 18.7. The van der Waals surface area contributed by atoms with E-state index in [4.69, 9.17) is 0 Å². The molecule has 0 aliphatic carbocycles. The predicted octanol–water partition coefficient (Wildman–Crippen LogP) is 1.88. The summed E-state index contributed by atoms with van der Waals surface area (Å²) in [7, 11) is 0. The van der Waals surface area contributed by atoms with Crippen LogP contribution in [-0.4, -0.2) is 46.1 Å². The maximum absolute atomic E-state index is 13.1. The number of aliphatic hydroxyl groups is 1. The van der Waals surface area contributed by atoms with Crippen molar-refractivity contribution < 1.29 is 14.3 Å². The molecule has 1 fully saturated rings. The van der Waals surface area contributed by atoms with Crippen molar-refractivity contribution in [2.45, 2.75) is 38.5 Å². The van der Waals surface area contributed by atoms with Gasteiger partial charge in [-0.1, -0.05) is 6.07 Å². The number of β-amino-alcohol motifs (C(OH)–C–C–N with tert-alkyl or cyclic N) is 1. The highest BCUT2D eigenvalue weighted by Gasteiger charge is 2.29. The molecule has 1 aromatic heterocycles. The van der Waals surface area contributed by atoms with Crippen molar-refractivity contribution in [2.75, 3.05) is 13.1 Å². The van der Waals surface area contributed by atoms with Crippen LogP contribution in [0.1, 0.15) is 23.2 Å². The van der Waals surface area contributed by atoms with E-state index in [1.54, 1.807) is 29.8 Å². The van der Waals surface area contributed by atoms with Gasteiger partial charge in [0.25, 0.3) is 0 Å². The lowest BCUT2D eigenvalue weighted by Crippen LogP contribution is -2.54. The topological polar surface area (TPSA) is 65.5 Å². The SMILES string of the molecule is Cc1cc(F)ccc1CC(=O)N[C@@H]1CCN(Cc2cscn2)C[C@H]1O. The lowest BCUT2D eigenvalue weighted by molar-refractivity contribution is -0.122. The molecule has 3 rings (SSSR count). The fourth-order valence-electron chi connectivity index (χ4n) is 3.14. The molecule has 1 aliphatic heterocycles. The summed E-state index contributed by atoms with van der Waals surface area (Å²) in [5.74, 6) is -0.448. The van der Waals surface area contributed by atoms with Crippen LogP contribution in [0.4, 0.5) is 4.39 Å². The highest BCUT2D eigenvalue weighted by atomic mass is 32.1. The van der Waals surface area contributed by atoms with Gasteiger partial charge in [0.1, 0.15) is 5.82 Å². The lowest BCUT2D eigenvalue weighted by Gasteiger charge is -2.36. The highest BCUT2D eigenvalue weighted by molar-refractivity contribution is 7.07. The second-order valence-electron chi connectivity index (χ2n) is 6.49. The zero-order valence-corrected chi connectivity index (χ0v) is 14.9. The quantitative estimate of drug-likeness (QED) is 0.851. The molecule has 2 N–H and O–H groups in total. The summed E-state index contributed by atoms with van der Waals surface area (Å²) in [5, 5.41) is 15.3. The number of hydrogen-bond donors (Lipinski definition) is 2. The first-order valence-corrected chi connectivity index (χ1v) is 9.27. The summed E-state index contributed by atoms with van der Waals surface area (Å²) in [6.07, 6.45) is 0.280. The summed E-state index contributed by atoms with van der Waals surface area (Å²) in [6.45, 7) is 3.82. The van der Waals surface area contributed by atoms with E-state index in [1.807, 2.05) is 5.38 Å². The molecule has 1 saturated heterocycles. The number of benzene rings is 1. The van der Waals surface area contributed by atoms with E-state index >= 15 is 0 Å². The van der Waals surface area contributed by atoms with Crippen molar-refractivity contribution in [3.8, 4) is 0 Å². The molecule has 1 amide bonds. The normalized spacial score (nSPS) is 21.2. The van der Waals surface area contributed by atoms with Gasteiger partial charge in [-0.25, -0.2) is 9.37 Å². The van der Waals surface area contributed by atoms with E-state index in [1.165, 1.54) is 12.1 Å². The lowest BCUT2D eigenvalue weighted by atomic mass is 10.0. The Bertz CT molecular complexity index is 723. The minimum atomic E-state index is -0.606. The standard InChI is InChI=1S/C18H22FN3O2S/c1-12-6-14(19)3-2-13(12)7-18(24)21-16-4-5-22(9-17(16)23)8-15-10-25-11-20-15/h2-3,6,10-11,16-17,23H,4-5,7-9H2,1H3,(H,21,24)/t16-,17-/m1/s1. The number of carbonyl (C=O) groups is 1. The number of hydrogen-bond acceptors (Lipinski definition) is 5.